The molecule has 2 aromatic carbocycles. The van der Waals surface area contributed by atoms with Crippen molar-refractivity contribution in [3.8, 4) is 0 Å². The predicted octanol–water partition coefficient (Wildman–Crippen LogP) is 4.72. The van der Waals surface area contributed by atoms with Crippen LogP contribution >= 0.6 is 15.9 Å². The number of anilines is 2. The largest absolute Gasteiger partial charge is 0.370 e. The van der Waals surface area contributed by atoms with E-state index >= 15 is 0 Å². The molecule has 30 heavy (non-hydrogen) atoms. The standard InChI is InChI=1S/C22H28BrN3O3S/c1-3-26(4-2)30(28,29)17-12-13-21(25-14-8-5-9-15-25)20(16-17)24-22(27)18-10-6-7-11-19(18)23/h6-7,10-13,16H,3-5,8-9,14-15H2,1-2H3,(H,24,27). The molecule has 1 aliphatic heterocycles. The van der Waals surface area contributed by atoms with Crippen molar-refractivity contribution < 1.29 is 13.2 Å². The van der Waals surface area contributed by atoms with E-state index in [0.29, 0.717) is 28.8 Å². The number of nitrogens with zero attached hydrogens (tertiary/aromatic N) is 2. The normalized spacial score (nSPS) is 14.7. The summed E-state index contributed by atoms with van der Waals surface area (Å²) in [5.74, 6) is -0.280. The molecule has 1 amide bonds. The maximum Gasteiger partial charge on any atom is 0.256 e. The highest BCUT2D eigenvalue weighted by molar-refractivity contribution is 9.10. The summed E-state index contributed by atoms with van der Waals surface area (Å²) in [7, 11) is -3.63. The topological polar surface area (TPSA) is 69.7 Å². The van der Waals surface area contributed by atoms with Crippen molar-refractivity contribution >= 4 is 43.2 Å². The molecule has 1 saturated heterocycles. The predicted molar refractivity (Wildman–Crippen MR) is 125 cm³/mol. The molecule has 0 saturated carbocycles. The Morgan fingerprint density at radius 1 is 1.07 bits per heavy atom. The van der Waals surface area contributed by atoms with Gasteiger partial charge in [0.15, 0.2) is 0 Å². The molecule has 8 heteroatoms. The highest BCUT2D eigenvalue weighted by atomic mass is 79.9. The number of carbonyl (C=O) groups is 1. The summed E-state index contributed by atoms with van der Waals surface area (Å²) in [6.07, 6.45) is 3.35. The fourth-order valence-electron chi connectivity index (χ4n) is 3.73. The van der Waals surface area contributed by atoms with Crippen LogP contribution in [0.1, 0.15) is 43.5 Å². The molecule has 2 aromatic rings. The van der Waals surface area contributed by atoms with Gasteiger partial charge < -0.3 is 10.2 Å². The van der Waals surface area contributed by atoms with Crippen LogP contribution in [0.4, 0.5) is 11.4 Å². The Balaban J connectivity index is 2.02. The van der Waals surface area contributed by atoms with Crippen molar-refractivity contribution in [2.24, 2.45) is 0 Å². The molecule has 1 fully saturated rings. The number of benzene rings is 2. The van der Waals surface area contributed by atoms with Crippen LogP contribution in [-0.2, 0) is 10.0 Å². The van der Waals surface area contributed by atoms with E-state index in [9.17, 15) is 13.2 Å². The Labute approximate surface area is 187 Å². The Kier molecular flexibility index (Phi) is 7.55. The van der Waals surface area contributed by atoms with Gasteiger partial charge in [-0.15, -0.1) is 0 Å². The monoisotopic (exact) mass is 493 g/mol. The first-order valence-electron chi connectivity index (χ1n) is 10.3. The van der Waals surface area contributed by atoms with Crippen LogP contribution in [0.25, 0.3) is 0 Å². The number of amides is 1. The average Bonchev–Trinajstić information content (AvgIpc) is 2.75. The van der Waals surface area contributed by atoms with Crippen LogP contribution in [0, 0.1) is 0 Å². The fraction of sp³-hybridized carbons (Fsp3) is 0.409. The van der Waals surface area contributed by atoms with Crippen LogP contribution in [0.3, 0.4) is 0 Å². The van der Waals surface area contributed by atoms with Gasteiger partial charge in [0, 0.05) is 30.7 Å². The first-order chi connectivity index (χ1) is 14.4. The Morgan fingerprint density at radius 3 is 2.37 bits per heavy atom. The second kappa shape index (κ2) is 9.94. The molecule has 3 rings (SSSR count). The van der Waals surface area contributed by atoms with E-state index in [-0.39, 0.29) is 10.8 Å². The summed E-state index contributed by atoms with van der Waals surface area (Å²) in [5.41, 5.74) is 1.87. The van der Waals surface area contributed by atoms with Crippen molar-refractivity contribution in [1.82, 2.24) is 4.31 Å². The highest BCUT2D eigenvalue weighted by Crippen LogP contribution is 2.33. The first kappa shape index (κ1) is 22.8. The van der Waals surface area contributed by atoms with Gasteiger partial charge in [0.25, 0.3) is 5.91 Å². The molecule has 0 unspecified atom stereocenters. The zero-order valence-electron chi connectivity index (χ0n) is 17.4. The second-order valence-electron chi connectivity index (χ2n) is 7.25. The van der Waals surface area contributed by atoms with Crippen molar-refractivity contribution in [3.63, 3.8) is 0 Å². The van der Waals surface area contributed by atoms with Gasteiger partial charge in [-0.1, -0.05) is 26.0 Å². The van der Waals surface area contributed by atoms with Crippen molar-refractivity contribution in [3.05, 3.63) is 52.5 Å². The first-order valence-corrected chi connectivity index (χ1v) is 12.6. The summed E-state index contributed by atoms with van der Waals surface area (Å²) in [5, 5.41) is 2.96. The van der Waals surface area contributed by atoms with Crippen molar-refractivity contribution in [1.29, 1.82) is 0 Å². The number of halogens is 1. The lowest BCUT2D eigenvalue weighted by Gasteiger charge is -2.31. The van der Waals surface area contributed by atoms with Gasteiger partial charge in [0.05, 0.1) is 21.8 Å². The molecule has 0 bridgehead atoms. The van der Waals surface area contributed by atoms with Crippen LogP contribution < -0.4 is 10.2 Å². The van der Waals surface area contributed by atoms with Crippen LogP contribution in [0.15, 0.2) is 51.8 Å². The summed E-state index contributed by atoms with van der Waals surface area (Å²) >= 11 is 3.42. The van der Waals surface area contributed by atoms with Crippen LogP contribution in [0.2, 0.25) is 0 Å². The third kappa shape index (κ3) is 4.87. The van der Waals surface area contributed by atoms with E-state index in [1.807, 2.05) is 32.0 Å². The zero-order valence-corrected chi connectivity index (χ0v) is 19.8. The lowest BCUT2D eigenvalue weighted by atomic mass is 10.1. The van der Waals surface area contributed by atoms with E-state index < -0.39 is 10.0 Å². The third-order valence-electron chi connectivity index (χ3n) is 5.37. The number of sulfonamides is 1. The Bertz CT molecular complexity index is 1000. The van der Waals surface area contributed by atoms with E-state index in [0.717, 1.165) is 31.6 Å². The van der Waals surface area contributed by atoms with Gasteiger partial charge in [-0.3, -0.25) is 4.79 Å². The molecule has 0 aromatic heterocycles. The lowest BCUT2D eigenvalue weighted by Crippen LogP contribution is -2.32. The zero-order chi connectivity index (χ0) is 21.7. The summed E-state index contributed by atoms with van der Waals surface area (Å²) < 4.78 is 28.2. The lowest BCUT2D eigenvalue weighted by molar-refractivity contribution is 0.102. The van der Waals surface area contributed by atoms with Gasteiger partial charge in [-0.2, -0.15) is 4.31 Å². The van der Waals surface area contributed by atoms with Gasteiger partial charge in [-0.05, 0) is 65.5 Å². The van der Waals surface area contributed by atoms with E-state index in [1.54, 1.807) is 24.3 Å². The SMILES string of the molecule is CCN(CC)S(=O)(=O)c1ccc(N2CCCCC2)c(NC(=O)c2ccccc2Br)c1. The molecule has 0 aliphatic carbocycles. The molecule has 1 heterocycles. The minimum absolute atomic E-state index is 0.189. The molecule has 0 atom stereocenters. The van der Waals surface area contributed by atoms with Gasteiger partial charge >= 0.3 is 0 Å². The van der Waals surface area contributed by atoms with E-state index in [2.05, 4.69) is 26.1 Å². The van der Waals surface area contributed by atoms with E-state index in [4.69, 9.17) is 0 Å². The van der Waals surface area contributed by atoms with Crippen LogP contribution in [-0.4, -0.2) is 44.8 Å². The molecule has 162 valence electrons. The highest BCUT2D eigenvalue weighted by Gasteiger charge is 2.25. The number of hydrogen-bond acceptors (Lipinski definition) is 4. The Hall–Kier alpha value is -1.90. The number of rotatable bonds is 7. The Morgan fingerprint density at radius 2 is 1.73 bits per heavy atom. The summed E-state index contributed by atoms with van der Waals surface area (Å²) in [4.78, 5) is 15.4. The number of carbonyl (C=O) groups excluding carboxylic acids is 1. The fourth-order valence-corrected chi connectivity index (χ4v) is 5.68. The molecular weight excluding hydrogens is 466 g/mol. The maximum atomic E-state index is 13.0. The molecule has 1 N–H and O–H groups in total. The molecule has 1 aliphatic rings. The second-order valence-corrected chi connectivity index (χ2v) is 10.0. The molecule has 0 spiro atoms. The summed E-state index contributed by atoms with van der Waals surface area (Å²) in [6.45, 7) is 6.20. The van der Waals surface area contributed by atoms with Gasteiger partial charge in [0.1, 0.15) is 0 Å². The molecule has 0 radical (unpaired) electrons. The average molecular weight is 494 g/mol. The number of piperidine rings is 1. The molecular formula is C22H28BrN3O3S. The molecule has 6 nitrogen and oxygen atoms in total. The smallest absolute Gasteiger partial charge is 0.256 e. The van der Waals surface area contributed by atoms with Gasteiger partial charge in [-0.25, -0.2) is 8.42 Å². The number of nitrogens with one attached hydrogen (secondary N) is 1. The third-order valence-corrected chi connectivity index (χ3v) is 8.11. The maximum absolute atomic E-state index is 13.0. The minimum Gasteiger partial charge on any atom is -0.370 e. The van der Waals surface area contributed by atoms with Gasteiger partial charge in [0.2, 0.25) is 10.0 Å². The minimum atomic E-state index is -3.63. The van der Waals surface area contributed by atoms with E-state index in [1.165, 1.54) is 10.7 Å². The van der Waals surface area contributed by atoms with Crippen molar-refractivity contribution in [2.45, 2.75) is 38.0 Å². The summed E-state index contributed by atoms with van der Waals surface area (Å²) in [6, 6.07) is 12.2. The van der Waals surface area contributed by atoms with Crippen molar-refractivity contribution in [2.75, 3.05) is 36.4 Å². The number of hydrogen-bond donors (Lipinski definition) is 1. The van der Waals surface area contributed by atoms with Crippen LogP contribution in [0.5, 0.6) is 0 Å². The quantitative estimate of drug-likeness (QED) is 0.605.